The van der Waals surface area contributed by atoms with Gasteiger partial charge in [0.15, 0.2) is 11.5 Å². The van der Waals surface area contributed by atoms with Gasteiger partial charge >= 0.3 is 0 Å². The molecule has 0 saturated heterocycles. The second kappa shape index (κ2) is 7.18. The van der Waals surface area contributed by atoms with Crippen LogP contribution in [0.2, 0.25) is 0 Å². The fourth-order valence-corrected chi connectivity index (χ4v) is 3.05. The summed E-state index contributed by atoms with van der Waals surface area (Å²) in [5.41, 5.74) is 4.66. The maximum absolute atomic E-state index is 5.37. The lowest BCUT2D eigenvalue weighted by atomic mass is 10.2. The van der Waals surface area contributed by atoms with Crippen LogP contribution in [0.15, 0.2) is 41.5 Å². The van der Waals surface area contributed by atoms with Crippen LogP contribution in [-0.4, -0.2) is 32.5 Å². The highest BCUT2D eigenvalue weighted by Crippen LogP contribution is 2.33. The van der Waals surface area contributed by atoms with Crippen LogP contribution in [-0.2, 0) is 0 Å². The van der Waals surface area contributed by atoms with Crippen LogP contribution in [0.25, 0.3) is 10.2 Å². The number of fused-ring (bicyclic) bond motifs is 1. The lowest BCUT2D eigenvalue weighted by Crippen LogP contribution is -1.97. The molecule has 0 radical (unpaired) electrons. The predicted molar refractivity (Wildman–Crippen MR) is 96.9 cm³/mol. The van der Waals surface area contributed by atoms with Gasteiger partial charge in [0.25, 0.3) is 0 Å². The SMILES string of the molecule is COc1cc(OC)c(OC)cc1/C=N\Nc1nc2ccccc2s1. The number of hydrazone groups is 1. The molecule has 0 unspecified atom stereocenters. The number of nitrogens with zero attached hydrogens (tertiary/aromatic N) is 2. The summed E-state index contributed by atoms with van der Waals surface area (Å²) >= 11 is 1.54. The number of anilines is 1. The van der Waals surface area contributed by atoms with Crippen LogP contribution in [0.3, 0.4) is 0 Å². The van der Waals surface area contributed by atoms with Crippen LogP contribution >= 0.6 is 11.3 Å². The Kier molecular flexibility index (Phi) is 4.81. The summed E-state index contributed by atoms with van der Waals surface area (Å²) < 4.78 is 17.1. The van der Waals surface area contributed by atoms with E-state index in [0.717, 1.165) is 20.9 Å². The van der Waals surface area contributed by atoms with Crippen molar-refractivity contribution in [3.63, 3.8) is 0 Å². The number of thiazole rings is 1. The number of aromatic nitrogens is 1. The maximum atomic E-state index is 5.37. The Morgan fingerprint density at radius 3 is 2.42 bits per heavy atom. The standard InChI is InChI=1S/C17H17N3O3S/c1-21-13-9-15(23-3)14(22-2)8-11(13)10-18-20-17-19-12-6-4-5-7-16(12)24-17/h4-10H,1-3H3,(H,19,20)/b18-10-. The highest BCUT2D eigenvalue weighted by Gasteiger charge is 2.10. The van der Waals surface area contributed by atoms with Crippen molar-refractivity contribution >= 4 is 32.9 Å². The van der Waals surface area contributed by atoms with Crippen LogP contribution in [0, 0.1) is 0 Å². The smallest absolute Gasteiger partial charge is 0.204 e. The number of benzene rings is 2. The molecular formula is C17H17N3O3S. The molecule has 0 aliphatic carbocycles. The van der Waals surface area contributed by atoms with Gasteiger partial charge in [-0.05, 0) is 18.2 Å². The fourth-order valence-electron chi connectivity index (χ4n) is 2.23. The largest absolute Gasteiger partial charge is 0.496 e. The summed E-state index contributed by atoms with van der Waals surface area (Å²) in [6.45, 7) is 0. The molecule has 0 fully saturated rings. The molecular weight excluding hydrogens is 326 g/mol. The van der Waals surface area contributed by atoms with Gasteiger partial charge in [-0.3, -0.25) is 5.43 Å². The third-order valence-corrected chi connectivity index (χ3v) is 4.33. The van der Waals surface area contributed by atoms with Crippen molar-refractivity contribution in [3.05, 3.63) is 42.0 Å². The number of ether oxygens (including phenoxy) is 3. The number of methoxy groups -OCH3 is 3. The molecule has 0 saturated carbocycles. The highest BCUT2D eigenvalue weighted by atomic mass is 32.1. The number of nitrogens with one attached hydrogen (secondary N) is 1. The van der Waals surface area contributed by atoms with Gasteiger partial charge in [0, 0.05) is 11.6 Å². The molecule has 3 rings (SSSR count). The second-order valence-electron chi connectivity index (χ2n) is 4.81. The first-order chi connectivity index (χ1) is 11.7. The summed E-state index contributed by atoms with van der Waals surface area (Å²) in [5.74, 6) is 1.85. The average Bonchev–Trinajstić information content (AvgIpc) is 3.03. The van der Waals surface area contributed by atoms with E-state index in [9.17, 15) is 0 Å². The number of hydrogen-bond donors (Lipinski definition) is 1. The van der Waals surface area contributed by atoms with Gasteiger partial charge in [-0.2, -0.15) is 5.10 Å². The van der Waals surface area contributed by atoms with Gasteiger partial charge in [0.1, 0.15) is 5.75 Å². The Morgan fingerprint density at radius 1 is 1.00 bits per heavy atom. The third kappa shape index (κ3) is 3.26. The van der Waals surface area contributed by atoms with Gasteiger partial charge in [-0.1, -0.05) is 23.5 Å². The topological polar surface area (TPSA) is 65.0 Å². The third-order valence-electron chi connectivity index (χ3n) is 3.39. The summed E-state index contributed by atoms with van der Waals surface area (Å²) in [4.78, 5) is 4.47. The van der Waals surface area contributed by atoms with Crippen LogP contribution in [0.1, 0.15) is 5.56 Å². The Balaban J connectivity index is 1.82. The van der Waals surface area contributed by atoms with Gasteiger partial charge in [0.2, 0.25) is 5.13 Å². The van der Waals surface area contributed by atoms with E-state index >= 15 is 0 Å². The second-order valence-corrected chi connectivity index (χ2v) is 5.84. The first kappa shape index (κ1) is 16.1. The Labute approximate surface area is 143 Å². The summed E-state index contributed by atoms with van der Waals surface area (Å²) in [6.07, 6.45) is 1.66. The van der Waals surface area contributed by atoms with E-state index in [1.54, 1.807) is 51.0 Å². The molecule has 0 amide bonds. The van der Waals surface area contributed by atoms with Crippen LogP contribution in [0.4, 0.5) is 5.13 Å². The van der Waals surface area contributed by atoms with Crippen LogP contribution in [0.5, 0.6) is 17.2 Å². The Morgan fingerprint density at radius 2 is 1.71 bits per heavy atom. The minimum absolute atomic E-state index is 0.602. The lowest BCUT2D eigenvalue weighted by molar-refractivity contribution is 0.349. The van der Waals surface area contributed by atoms with Crippen molar-refractivity contribution in [2.24, 2.45) is 5.10 Å². The van der Waals surface area contributed by atoms with Crippen molar-refractivity contribution in [3.8, 4) is 17.2 Å². The summed E-state index contributed by atoms with van der Waals surface area (Å²) in [7, 11) is 4.77. The lowest BCUT2D eigenvalue weighted by Gasteiger charge is -2.11. The maximum Gasteiger partial charge on any atom is 0.204 e. The molecule has 1 N–H and O–H groups in total. The van der Waals surface area contributed by atoms with E-state index in [2.05, 4.69) is 15.5 Å². The van der Waals surface area contributed by atoms with Crippen molar-refractivity contribution < 1.29 is 14.2 Å². The van der Waals surface area contributed by atoms with Gasteiger partial charge in [-0.15, -0.1) is 0 Å². The molecule has 6 nitrogen and oxygen atoms in total. The zero-order chi connectivity index (χ0) is 16.9. The molecule has 0 spiro atoms. The quantitative estimate of drug-likeness (QED) is 0.545. The van der Waals surface area contributed by atoms with E-state index in [-0.39, 0.29) is 0 Å². The van der Waals surface area contributed by atoms with Crippen molar-refractivity contribution in [1.29, 1.82) is 0 Å². The number of rotatable bonds is 6. The minimum Gasteiger partial charge on any atom is -0.496 e. The van der Waals surface area contributed by atoms with E-state index in [4.69, 9.17) is 14.2 Å². The molecule has 2 aromatic carbocycles. The molecule has 0 aliphatic rings. The van der Waals surface area contributed by atoms with Crippen molar-refractivity contribution in [1.82, 2.24) is 4.98 Å². The molecule has 7 heteroatoms. The van der Waals surface area contributed by atoms with E-state index < -0.39 is 0 Å². The monoisotopic (exact) mass is 343 g/mol. The van der Waals surface area contributed by atoms with Crippen molar-refractivity contribution in [2.75, 3.05) is 26.8 Å². The van der Waals surface area contributed by atoms with Crippen LogP contribution < -0.4 is 19.6 Å². The predicted octanol–water partition coefficient (Wildman–Crippen LogP) is 3.77. The van der Waals surface area contributed by atoms with Gasteiger partial charge < -0.3 is 14.2 Å². The first-order valence-corrected chi connectivity index (χ1v) is 8.01. The molecule has 3 aromatic rings. The molecule has 0 aliphatic heterocycles. The molecule has 24 heavy (non-hydrogen) atoms. The zero-order valence-electron chi connectivity index (χ0n) is 13.6. The zero-order valence-corrected chi connectivity index (χ0v) is 14.4. The highest BCUT2D eigenvalue weighted by molar-refractivity contribution is 7.22. The molecule has 124 valence electrons. The fraction of sp³-hybridized carbons (Fsp3) is 0.176. The first-order valence-electron chi connectivity index (χ1n) is 7.20. The van der Waals surface area contributed by atoms with Gasteiger partial charge in [0.05, 0.1) is 37.8 Å². The molecule has 0 bridgehead atoms. The average molecular weight is 343 g/mol. The van der Waals surface area contributed by atoms with E-state index in [1.807, 2.05) is 24.3 Å². The normalized spacial score (nSPS) is 11.0. The summed E-state index contributed by atoms with van der Waals surface area (Å²) in [6, 6.07) is 11.5. The summed E-state index contributed by atoms with van der Waals surface area (Å²) in [5, 5.41) is 4.97. The molecule has 0 atom stereocenters. The minimum atomic E-state index is 0.602. The number of para-hydroxylation sites is 1. The Bertz CT molecular complexity index is 844. The van der Waals surface area contributed by atoms with E-state index in [1.165, 1.54) is 0 Å². The van der Waals surface area contributed by atoms with E-state index in [0.29, 0.717) is 17.2 Å². The van der Waals surface area contributed by atoms with Gasteiger partial charge in [-0.25, -0.2) is 4.98 Å². The number of hydrogen-bond acceptors (Lipinski definition) is 7. The molecule has 1 aromatic heterocycles. The molecule has 1 heterocycles. The van der Waals surface area contributed by atoms with Crippen molar-refractivity contribution in [2.45, 2.75) is 0 Å². The Hall–Kier alpha value is -2.80.